The molecule has 0 radical (unpaired) electrons. The second-order valence-corrected chi connectivity index (χ2v) is 5.93. The number of carbonyl (C=O) groups excluding carboxylic acids is 2. The maximum absolute atomic E-state index is 11.9. The zero-order valence-corrected chi connectivity index (χ0v) is 14.3. The van der Waals surface area contributed by atoms with Gasteiger partial charge < -0.3 is 4.74 Å². The summed E-state index contributed by atoms with van der Waals surface area (Å²) in [6, 6.07) is 6.46. The fourth-order valence-corrected chi connectivity index (χ4v) is 2.37. The summed E-state index contributed by atoms with van der Waals surface area (Å²) in [7, 11) is 0. The van der Waals surface area contributed by atoms with E-state index in [0.29, 0.717) is 17.1 Å². The van der Waals surface area contributed by atoms with Crippen LogP contribution in [0.5, 0.6) is 0 Å². The van der Waals surface area contributed by atoms with Crippen LogP contribution in [0.1, 0.15) is 28.2 Å². The maximum atomic E-state index is 11.9. The lowest BCUT2D eigenvalue weighted by Crippen LogP contribution is -2.16. The molecule has 0 atom stereocenters. The highest BCUT2D eigenvalue weighted by atomic mass is 35.5. The first-order chi connectivity index (χ1) is 10.9. The normalized spacial score (nSPS) is 10.6. The molecule has 0 fully saturated rings. The Balaban J connectivity index is 1.83. The smallest absolute Gasteiger partial charge is 0.308 e. The number of carbonyl (C=O) groups is 2. The van der Waals surface area contributed by atoms with E-state index in [1.807, 2.05) is 19.9 Å². The van der Waals surface area contributed by atoms with Gasteiger partial charge in [-0.15, -0.1) is 0 Å². The van der Waals surface area contributed by atoms with Crippen LogP contribution in [0.25, 0.3) is 0 Å². The van der Waals surface area contributed by atoms with Crippen molar-refractivity contribution in [3.8, 4) is 0 Å². The number of benzene rings is 1. The Morgan fingerprint density at radius 3 is 2.52 bits per heavy atom. The van der Waals surface area contributed by atoms with Gasteiger partial charge in [0.25, 0.3) is 0 Å². The van der Waals surface area contributed by atoms with E-state index in [-0.39, 0.29) is 23.8 Å². The molecule has 0 unspecified atom stereocenters. The molecule has 1 heterocycles. The van der Waals surface area contributed by atoms with Crippen molar-refractivity contribution in [1.82, 2.24) is 9.78 Å². The SMILES string of the molecule is Cc1cc(C)n(CCC(=O)OCC(=O)c2ccc(Cl)c(Cl)c2)n1. The lowest BCUT2D eigenvalue weighted by Gasteiger charge is -2.06. The van der Waals surface area contributed by atoms with Gasteiger partial charge in [-0.2, -0.15) is 5.10 Å². The number of ketones is 1. The van der Waals surface area contributed by atoms with Gasteiger partial charge in [-0.3, -0.25) is 14.3 Å². The van der Waals surface area contributed by atoms with Crippen LogP contribution < -0.4 is 0 Å². The molecule has 0 bridgehead atoms. The maximum Gasteiger partial charge on any atom is 0.308 e. The van der Waals surface area contributed by atoms with Crippen molar-refractivity contribution in [1.29, 1.82) is 0 Å². The number of halogens is 2. The first-order valence-electron chi connectivity index (χ1n) is 7.01. The van der Waals surface area contributed by atoms with Gasteiger partial charge in [-0.1, -0.05) is 23.2 Å². The first kappa shape index (κ1) is 17.5. The average Bonchev–Trinajstić information content (AvgIpc) is 2.83. The minimum Gasteiger partial charge on any atom is -0.457 e. The Hall–Kier alpha value is -1.85. The Morgan fingerprint density at radius 2 is 1.91 bits per heavy atom. The van der Waals surface area contributed by atoms with Gasteiger partial charge in [0.05, 0.1) is 28.7 Å². The quantitative estimate of drug-likeness (QED) is 0.587. The summed E-state index contributed by atoms with van der Waals surface area (Å²) in [5.74, 6) is -0.783. The molecular weight excluding hydrogens is 339 g/mol. The van der Waals surface area contributed by atoms with Gasteiger partial charge in [0, 0.05) is 11.3 Å². The largest absolute Gasteiger partial charge is 0.457 e. The summed E-state index contributed by atoms with van der Waals surface area (Å²) in [5, 5.41) is 4.91. The highest BCUT2D eigenvalue weighted by molar-refractivity contribution is 6.42. The predicted molar refractivity (Wildman–Crippen MR) is 88.1 cm³/mol. The van der Waals surface area contributed by atoms with E-state index in [1.54, 1.807) is 10.7 Å². The molecule has 5 nitrogen and oxygen atoms in total. The van der Waals surface area contributed by atoms with Crippen LogP contribution in [-0.2, 0) is 16.1 Å². The van der Waals surface area contributed by atoms with Gasteiger partial charge in [0.15, 0.2) is 12.4 Å². The Kier molecular flexibility index (Phi) is 5.80. The summed E-state index contributed by atoms with van der Waals surface area (Å²) in [6.07, 6.45) is 0.149. The lowest BCUT2D eigenvalue weighted by atomic mass is 10.1. The topological polar surface area (TPSA) is 61.2 Å². The van der Waals surface area contributed by atoms with E-state index in [4.69, 9.17) is 27.9 Å². The standard InChI is InChI=1S/C16H16Cl2N2O3/c1-10-7-11(2)20(19-10)6-5-16(22)23-9-15(21)12-3-4-13(17)14(18)8-12/h3-4,7-8H,5-6,9H2,1-2H3. The number of aryl methyl sites for hydroxylation is 3. The van der Waals surface area contributed by atoms with Crippen molar-refractivity contribution >= 4 is 35.0 Å². The number of hydrogen-bond acceptors (Lipinski definition) is 4. The van der Waals surface area contributed by atoms with Crippen molar-refractivity contribution in [3.63, 3.8) is 0 Å². The minimum atomic E-state index is -0.453. The number of nitrogens with zero attached hydrogens (tertiary/aromatic N) is 2. The van der Waals surface area contributed by atoms with Crippen molar-refractivity contribution in [2.24, 2.45) is 0 Å². The van der Waals surface area contributed by atoms with Gasteiger partial charge in [-0.05, 0) is 38.1 Å². The predicted octanol–water partition coefficient (Wildman–Crippen LogP) is 3.62. The Labute approximate surface area is 144 Å². The zero-order valence-electron chi connectivity index (χ0n) is 12.8. The molecule has 0 saturated heterocycles. The fourth-order valence-electron chi connectivity index (χ4n) is 2.07. The Morgan fingerprint density at radius 1 is 1.17 bits per heavy atom. The van der Waals surface area contributed by atoms with Crippen LogP contribution in [0, 0.1) is 13.8 Å². The van der Waals surface area contributed by atoms with E-state index in [1.165, 1.54) is 12.1 Å². The molecule has 2 rings (SSSR count). The molecule has 0 N–H and O–H groups in total. The van der Waals surface area contributed by atoms with E-state index >= 15 is 0 Å². The first-order valence-corrected chi connectivity index (χ1v) is 7.77. The average molecular weight is 355 g/mol. The molecule has 0 aliphatic rings. The molecule has 0 spiro atoms. The third-order valence-corrected chi connectivity index (χ3v) is 3.98. The molecule has 0 amide bonds. The van der Waals surface area contributed by atoms with E-state index in [2.05, 4.69) is 5.10 Å². The van der Waals surface area contributed by atoms with Crippen LogP contribution in [0.4, 0.5) is 0 Å². The number of ether oxygens (including phenoxy) is 1. The molecule has 0 saturated carbocycles. The van der Waals surface area contributed by atoms with E-state index < -0.39 is 5.97 Å². The second-order valence-electron chi connectivity index (χ2n) is 5.11. The lowest BCUT2D eigenvalue weighted by molar-refractivity contribution is -0.142. The van der Waals surface area contributed by atoms with E-state index in [0.717, 1.165) is 11.4 Å². The molecule has 0 aliphatic heterocycles. The number of rotatable bonds is 6. The number of esters is 1. The molecular formula is C16H16Cl2N2O3. The molecule has 1 aromatic heterocycles. The Bertz CT molecular complexity index is 741. The van der Waals surface area contributed by atoms with Gasteiger partial charge >= 0.3 is 5.97 Å². The molecule has 23 heavy (non-hydrogen) atoms. The van der Waals surface area contributed by atoms with Crippen LogP contribution in [0.3, 0.4) is 0 Å². The van der Waals surface area contributed by atoms with Gasteiger partial charge in [0.1, 0.15) is 0 Å². The highest BCUT2D eigenvalue weighted by Gasteiger charge is 2.12. The van der Waals surface area contributed by atoms with Crippen molar-refractivity contribution in [3.05, 3.63) is 51.3 Å². The van der Waals surface area contributed by atoms with Crippen LogP contribution in [0.15, 0.2) is 24.3 Å². The molecule has 2 aromatic rings. The molecule has 122 valence electrons. The van der Waals surface area contributed by atoms with Crippen molar-refractivity contribution < 1.29 is 14.3 Å². The summed E-state index contributed by atoms with van der Waals surface area (Å²) in [4.78, 5) is 23.7. The van der Waals surface area contributed by atoms with E-state index in [9.17, 15) is 9.59 Å². The highest BCUT2D eigenvalue weighted by Crippen LogP contribution is 2.22. The number of aromatic nitrogens is 2. The third-order valence-electron chi connectivity index (χ3n) is 3.24. The monoisotopic (exact) mass is 354 g/mol. The van der Waals surface area contributed by atoms with Crippen molar-refractivity contribution in [2.45, 2.75) is 26.8 Å². The van der Waals surface area contributed by atoms with Gasteiger partial charge in [-0.25, -0.2) is 0 Å². The summed E-state index contributed by atoms with van der Waals surface area (Å²) in [5.41, 5.74) is 2.22. The number of hydrogen-bond donors (Lipinski definition) is 0. The third kappa shape index (κ3) is 4.81. The van der Waals surface area contributed by atoms with Crippen LogP contribution in [0.2, 0.25) is 10.0 Å². The molecule has 7 heteroatoms. The summed E-state index contributed by atoms with van der Waals surface area (Å²) in [6.45, 7) is 3.89. The molecule has 0 aliphatic carbocycles. The van der Waals surface area contributed by atoms with Crippen LogP contribution in [-0.4, -0.2) is 28.1 Å². The van der Waals surface area contributed by atoms with Crippen LogP contribution >= 0.6 is 23.2 Å². The summed E-state index contributed by atoms with van der Waals surface area (Å²) >= 11 is 11.6. The van der Waals surface area contributed by atoms with Gasteiger partial charge in [0.2, 0.25) is 0 Å². The second kappa shape index (κ2) is 7.62. The van der Waals surface area contributed by atoms with Crippen molar-refractivity contribution in [2.75, 3.05) is 6.61 Å². The fraction of sp³-hybridized carbons (Fsp3) is 0.312. The zero-order chi connectivity index (χ0) is 17.0. The minimum absolute atomic E-state index is 0.149. The molecule has 1 aromatic carbocycles. The summed E-state index contributed by atoms with van der Waals surface area (Å²) < 4.78 is 6.72. The number of Topliss-reactive ketones (excluding diaryl/α,β-unsaturated/α-hetero) is 1.